The summed E-state index contributed by atoms with van der Waals surface area (Å²) in [6, 6.07) is 6.90. The lowest BCUT2D eigenvalue weighted by Gasteiger charge is -2.29. The molecule has 1 N–H and O–H groups in total. The number of hydrogen-bond donors (Lipinski definition) is 1. The Labute approximate surface area is 105 Å². The highest BCUT2D eigenvalue weighted by Gasteiger charge is 2.15. The monoisotopic (exact) mass is 232 g/mol. The van der Waals surface area contributed by atoms with Crippen LogP contribution >= 0.6 is 0 Å². The largest absolute Gasteiger partial charge is 0.320 e. The van der Waals surface area contributed by atoms with Crippen LogP contribution in [0.15, 0.2) is 18.2 Å². The summed E-state index contributed by atoms with van der Waals surface area (Å²) in [5.74, 6) is 0. The van der Waals surface area contributed by atoms with Gasteiger partial charge in [0.2, 0.25) is 0 Å². The molecule has 0 spiro atoms. The number of aryl methyl sites for hydroxylation is 1. The first-order valence-electron chi connectivity index (χ1n) is 6.75. The predicted octanol–water partition coefficient (Wildman–Crippen LogP) is 2.35. The van der Waals surface area contributed by atoms with Crippen LogP contribution in [-0.2, 0) is 13.0 Å². The first-order chi connectivity index (χ1) is 8.29. The molecule has 2 rings (SSSR count). The summed E-state index contributed by atoms with van der Waals surface area (Å²) < 4.78 is 0. The Morgan fingerprint density at radius 1 is 1.24 bits per heavy atom. The molecule has 1 aromatic carbocycles. The fraction of sp³-hybridized carbons (Fsp3) is 0.600. The third-order valence-corrected chi connectivity index (χ3v) is 3.60. The van der Waals surface area contributed by atoms with Gasteiger partial charge in [0.05, 0.1) is 0 Å². The number of rotatable bonds is 5. The summed E-state index contributed by atoms with van der Waals surface area (Å²) >= 11 is 0. The third-order valence-electron chi connectivity index (χ3n) is 3.60. The fourth-order valence-corrected chi connectivity index (χ4v) is 2.57. The molecule has 1 aliphatic heterocycles. The Hall–Kier alpha value is -0.860. The van der Waals surface area contributed by atoms with Gasteiger partial charge in [-0.1, -0.05) is 23.8 Å². The van der Waals surface area contributed by atoms with E-state index in [0.29, 0.717) is 0 Å². The van der Waals surface area contributed by atoms with E-state index in [-0.39, 0.29) is 0 Å². The lowest BCUT2D eigenvalue weighted by atomic mass is 9.97. The molecule has 2 nitrogen and oxygen atoms in total. The zero-order chi connectivity index (χ0) is 12.1. The highest BCUT2D eigenvalue weighted by atomic mass is 15.1. The SMILES string of the molecule is CNCCCCN1CCc2ccc(C)cc2C1. The molecule has 1 aliphatic rings. The molecule has 0 bridgehead atoms. The Morgan fingerprint density at radius 3 is 2.94 bits per heavy atom. The lowest BCUT2D eigenvalue weighted by molar-refractivity contribution is 0.249. The highest BCUT2D eigenvalue weighted by molar-refractivity contribution is 5.33. The average molecular weight is 232 g/mol. The molecule has 0 atom stereocenters. The number of nitrogens with one attached hydrogen (secondary N) is 1. The van der Waals surface area contributed by atoms with Crippen molar-refractivity contribution in [1.82, 2.24) is 10.2 Å². The number of benzene rings is 1. The van der Waals surface area contributed by atoms with E-state index in [9.17, 15) is 0 Å². The lowest BCUT2D eigenvalue weighted by Crippen LogP contribution is -2.31. The maximum absolute atomic E-state index is 3.21. The fourth-order valence-electron chi connectivity index (χ4n) is 2.57. The van der Waals surface area contributed by atoms with Gasteiger partial charge in [0.15, 0.2) is 0 Å². The minimum Gasteiger partial charge on any atom is -0.320 e. The Morgan fingerprint density at radius 2 is 2.12 bits per heavy atom. The molecule has 0 amide bonds. The van der Waals surface area contributed by atoms with E-state index in [0.717, 1.165) is 13.1 Å². The van der Waals surface area contributed by atoms with Gasteiger partial charge in [-0.05, 0) is 57.5 Å². The molecule has 1 aromatic rings. The molecule has 0 fully saturated rings. The molecular weight excluding hydrogens is 208 g/mol. The van der Waals surface area contributed by atoms with Crippen LogP contribution in [0.1, 0.15) is 29.5 Å². The van der Waals surface area contributed by atoms with Crippen LogP contribution in [0.2, 0.25) is 0 Å². The molecule has 0 aromatic heterocycles. The summed E-state index contributed by atoms with van der Waals surface area (Å²) in [7, 11) is 2.03. The van der Waals surface area contributed by atoms with Gasteiger partial charge in [-0.3, -0.25) is 4.90 Å². The quantitative estimate of drug-likeness (QED) is 0.784. The standard InChI is InChI=1S/C15H24N2/c1-13-5-6-14-7-10-17(12-15(14)11-13)9-4-3-8-16-2/h5-6,11,16H,3-4,7-10,12H2,1-2H3. The second kappa shape index (κ2) is 6.18. The molecule has 0 saturated carbocycles. The average Bonchev–Trinajstić information content (AvgIpc) is 2.34. The molecular formula is C15H24N2. The van der Waals surface area contributed by atoms with Crippen molar-refractivity contribution < 1.29 is 0 Å². The van der Waals surface area contributed by atoms with Crippen molar-refractivity contribution in [1.29, 1.82) is 0 Å². The van der Waals surface area contributed by atoms with Gasteiger partial charge in [0.1, 0.15) is 0 Å². The minimum absolute atomic E-state index is 1.14. The van der Waals surface area contributed by atoms with Crippen LogP contribution in [0.3, 0.4) is 0 Å². The van der Waals surface area contributed by atoms with E-state index < -0.39 is 0 Å². The summed E-state index contributed by atoms with van der Waals surface area (Å²) in [5.41, 5.74) is 4.49. The van der Waals surface area contributed by atoms with Crippen LogP contribution in [0, 0.1) is 6.92 Å². The second-order valence-electron chi connectivity index (χ2n) is 5.11. The zero-order valence-electron chi connectivity index (χ0n) is 11.1. The Bertz CT molecular complexity index is 360. The number of nitrogens with zero attached hydrogens (tertiary/aromatic N) is 1. The number of fused-ring (bicyclic) bond motifs is 1. The minimum atomic E-state index is 1.14. The van der Waals surface area contributed by atoms with Gasteiger partial charge < -0.3 is 5.32 Å². The van der Waals surface area contributed by atoms with Crippen molar-refractivity contribution in [2.45, 2.75) is 32.7 Å². The van der Waals surface area contributed by atoms with E-state index in [1.165, 1.54) is 37.9 Å². The molecule has 1 heterocycles. The van der Waals surface area contributed by atoms with Crippen molar-refractivity contribution in [2.24, 2.45) is 0 Å². The summed E-state index contributed by atoms with van der Waals surface area (Å²) in [4.78, 5) is 2.59. The summed E-state index contributed by atoms with van der Waals surface area (Å²) in [5, 5.41) is 3.21. The van der Waals surface area contributed by atoms with Crippen LogP contribution in [0.25, 0.3) is 0 Å². The predicted molar refractivity (Wildman–Crippen MR) is 73.3 cm³/mol. The van der Waals surface area contributed by atoms with E-state index in [1.54, 1.807) is 11.1 Å². The molecule has 0 unspecified atom stereocenters. The Kier molecular flexibility index (Phi) is 4.57. The zero-order valence-corrected chi connectivity index (χ0v) is 11.1. The van der Waals surface area contributed by atoms with Gasteiger partial charge in [0, 0.05) is 13.1 Å². The first kappa shape index (κ1) is 12.6. The van der Waals surface area contributed by atoms with E-state index in [1.807, 2.05) is 7.05 Å². The normalized spacial score (nSPS) is 15.9. The number of unbranched alkanes of at least 4 members (excludes halogenated alkanes) is 1. The smallest absolute Gasteiger partial charge is 0.0236 e. The van der Waals surface area contributed by atoms with Crippen LogP contribution < -0.4 is 5.32 Å². The topological polar surface area (TPSA) is 15.3 Å². The molecule has 0 saturated heterocycles. The summed E-state index contributed by atoms with van der Waals surface area (Å²) in [6.45, 7) is 6.96. The van der Waals surface area contributed by atoms with Gasteiger partial charge >= 0.3 is 0 Å². The molecule has 2 heteroatoms. The maximum Gasteiger partial charge on any atom is 0.0236 e. The Balaban J connectivity index is 1.85. The third kappa shape index (κ3) is 3.55. The molecule has 0 radical (unpaired) electrons. The molecule has 0 aliphatic carbocycles. The van der Waals surface area contributed by atoms with Crippen molar-refractivity contribution in [3.8, 4) is 0 Å². The van der Waals surface area contributed by atoms with Crippen LogP contribution in [0.4, 0.5) is 0 Å². The highest BCUT2D eigenvalue weighted by Crippen LogP contribution is 2.20. The van der Waals surface area contributed by atoms with Crippen molar-refractivity contribution >= 4 is 0 Å². The van der Waals surface area contributed by atoms with Gasteiger partial charge in [-0.15, -0.1) is 0 Å². The van der Waals surface area contributed by atoms with Gasteiger partial charge in [-0.2, -0.15) is 0 Å². The van der Waals surface area contributed by atoms with Gasteiger partial charge in [-0.25, -0.2) is 0 Å². The molecule has 17 heavy (non-hydrogen) atoms. The van der Waals surface area contributed by atoms with Crippen molar-refractivity contribution in [2.75, 3.05) is 26.7 Å². The second-order valence-corrected chi connectivity index (χ2v) is 5.11. The number of hydrogen-bond acceptors (Lipinski definition) is 2. The van der Waals surface area contributed by atoms with Crippen LogP contribution in [-0.4, -0.2) is 31.6 Å². The van der Waals surface area contributed by atoms with E-state index >= 15 is 0 Å². The maximum atomic E-state index is 3.21. The van der Waals surface area contributed by atoms with Crippen molar-refractivity contribution in [3.05, 3.63) is 34.9 Å². The van der Waals surface area contributed by atoms with E-state index in [2.05, 4.69) is 35.3 Å². The first-order valence-corrected chi connectivity index (χ1v) is 6.75. The van der Waals surface area contributed by atoms with Crippen molar-refractivity contribution in [3.63, 3.8) is 0 Å². The summed E-state index contributed by atoms with van der Waals surface area (Å²) in [6.07, 6.45) is 3.82. The van der Waals surface area contributed by atoms with Gasteiger partial charge in [0.25, 0.3) is 0 Å². The van der Waals surface area contributed by atoms with Crippen LogP contribution in [0.5, 0.6) is 0 Å². The molecule has 94 valence electrons. The van der Waals surface area contributed by atoms with E-state index in [4.69, 9.17) is 0 Å².